The Morgan fingerprint density at radius 3 is 2.50 bits per heavy atom. The predicted octanol–water partition coefficient (Wildman–Crippen LogP) is 4.50. The molecule has 1 amide bonds. The Bertz CT molecular complexity index is 1120. The minimum Gasteiger partial charge on any atom is -0.497 e. The van der Waals surface area contributed by atoms with Crippen LogP contribution in [0, 0.1) is 6.92 Å². The number of hydrogen-bond donors (Lipinski definition) is 1. The number of fused-ring (bicyclic) bond motifs is 1. The molecule has 0 spiro atoms. The van der Waals surface area contributed by atoms with Crippen molar-refractivity contribution in [2.75, 3.05) is 12.4 Å². The Hall–Kier alpha value is -3.60. The minimum atomic E-state index is -0.0429. The van der Waals surface area contributed by atoms with Crippen LogP contribution >= 0.6 is 0 Å². The number of ether oxygens (including phenoxy) is 1. The maximum absolute atomic E-state index is 12.3. The Morgan fingerprint density at radius 2 is 1.79 bits per heavy atom. The number of rotatable bonds is 5. The highest BCUT2D eigenvalue weighted by molar-refractivity contribution is 5.92. The molecule has 5 heteroatoms. The topological polar surface area (TPSA) is 55.6 Å². The number of aryl methyl sites for hydroxylation is 1. The molecule has 0 aliphatic heterocycles. The number of hydrogen-bond acceptors (Lipinski definition) is 3. The molecule has 0 aliphatic rings. The van der Waals surface area contributed by atoms with Gasteiger partial charge in [-0.1, -0.05) is 30.3 Å². The summed E-state index contributed by atoms with van der Waals surface area (Å²) in [7, 11) is 1.65. The van der Waals surface area contributed by atoms with Crippen molar-refractivity contribution in [3.05, 3.63) is 84.2 Å². The van der Waals surface area contributed by atoms with E-state index in [1.807, 2.05) is 84.3 Å². The van der Waals surface area contributed by atoms with Crippen LogP contribution in [0.3, 0.4) is 0 Å². The van der Waals surface area contributed by atoms with Gasteiger partial charge in [0.1, 0.15) is 11.4 Å². The lowest BCUT2D eigenvalue weighted by Gasteiger charge is -2.07. The standard InChI is InChI=1S/C23H21N3O2/c1-16-23(18-8-11-20(28-2)12-9-18)25-21-13-10-19(15-26(16)21)24-22(27)14-17-6-4-3-5-7-17/h3-13,15H,14H2,1-2H3,(H,24,27). The number of benzene rings is 2. The average Bonchev–Trinajstić information content (AvgIpc) is 3.05. The van der Waals surface area contributed by atoms with Crippen molar-refractivity contribution >= 4 is 17.2 Å². The summed E-state index contributed by atoms with van der Waals surface area (Å²) in [6, 6.07) is 21.3. The van der Waals surface area contributed by atoms with Gasteiger partial charge in [-0.15, -0.1) is 0 Å². The molecule has 0 saturated heterocycles. The third-order valence-electron chi connectivity index (χ3n) is 4.71. The molecule has 2 aromatic carbocycles. The Morgan fingerprint density at radius 1 is 1.04 bits per heavy atom. The van der Waals surface area contributed by atoms with Crippen molar-refractivity contribution in [1.82, 2.24) is 9.38 Å². The molecule has 2 aromatic heterocycles. The molecule has 4 rings (SSSR count). The molecule has 4 aromatic rings. The largest absolute Gasteiger partial charge is 0.497 e. The van der Waals surface area contributed by atoms with E-state index in [0.717, 1.165) is 39.6 Å². The highest BCUT2D eigenvalue weighted by atomic mass is 16.5. The van der Waals surface area contributed by atoms with Crippen LogP contribution in [0.25, 0.3) is 16.9 Å². The van der Waals surface area contributed by atoms with E-state index in [-0.39, 0.29) is 5.91 Å². The van der Waals surface area contributed by atoms with Crippen LogP contribution in [0.15, 0.2) is 72.9 Å². The van der Waals surface area contributed by atoms with Gasteiger partial charge >= 0.3 is 0 Å². The quantitative estimate of drug-likeness (QED) is 0.562. The van der Waals surface area contributed by atoms with Crippen LogP contribution in [0.2, 0.25) is 0 Å². The fourth-order valence-electron chi connectivity index (χ4n) is 3.24. The summed E-state index contributed by atoms with van der Waals surface area (Å²) in [6.45, 7) is 2.02. The number of nitrogens with zero attached hydrogens (tertiary/aromatic N) is 2. The van der Waals surface area contributed by atoms with Gasteiger partial charge in [-0.2, -0.15) is 0 Å². The number of imidazole rings is 1. The molecule has 0 fully saturated rings. The first-order valence-corrected chi connectivity index (χ1v) is 9.11. The van der Waals surface area contributed by atoms with Crippen molar-refractivity contribution in [3.63, 3.8) is 0 Å². The smallest absolute Gasteiger partial charge is 0.228 e. The molecule has 2 heterocycles. The molecule has 0 aliphatic carbocycles. The molecular formula is C23H21N3O2. The number of methoxy groups -OCH3 is 1. The van der Waals surface area contributed by atoms with Gasteiger partial charge in [0, 0.05) is 17.5 Å². The van der Waals surface area contributed by atoms with Crippen LogP contribution < -0.4 is 10.1 Å². The Labute approximate surface area is 163 Å². The average molecular weight is 371 g/mol. The number of aromatic nitrogens is 2. The Balaban J connectivity index is 1.58. The summed E-state index contributed by atoms with van der Waals surface area (Å²) in [5.41, 5.74) is 5.52. The third-order valence-corrected chi connectivity index (χ3v) is 4.71. The number of pyridine rings is 1. The third kappa shape index (κ3) is 3.60. The number of carbonyl (C=O) groups is 1. The fraction of sp³-hybridized carbons (Fsp3) is 0.130. The van der Waals surface area contributed by atoms with E-state index < -0.39 is 0 Å². The van der Waals surface area contributed by atoms with E-state index in [0.29, 0.717) is 6.42 Å². The second-order valence-corrected chi connectivity index (χ2v) is 6.63. The molecule has 1 N–H and O–H groups in total. The summed E-state index contributed by atoms with van der Waals surface area (Å²) >= 11 is 0. The normalized spacial score (nSPS) is 10.8. The first-order valence-electron chi connectivity index (χ1n) is 9.11. The van der Waals surface area contributed by atoms with Crippen molar-refractivity contribution in [2.24, 2.45) is 0 Å². The van der Waals surface area contributed by atoms with Gasteiger partial charge in [-0.25, -0.2) is 4.98 Å². The zero-order valence-electron chi connectivity index (χ0n) is 15.8. The summed E-state index contributed by atoms with van der Waals surface area (Å²) in [5, 5.41) is 2.97. The molecule has 0 atom stereocenters. The zero-order chi connectivity index (χ0) is 19.5. The Kier molecular flexibility index (Phi) is 4.81. The fourth-order valence-corrected chi connectivity index (χ4v) is 3.24. The summed E-state index contributed by atoms with van der Waals surface area (Å²) in [4.78, 5) is 17.1. The molecule has 0 saturated carbocycles. The predicted molar refractivity (Wildman–Crippen MR) is 111 cm³/mol. The van der Waals surface area contributed by atoms with Crippen molar-refractivity contribution < 1.29 is 9.53 Å². The first kappa shape index (κ1) is 17.8. The van der Waals surface area contributed by atoms with E-state index >= 15 is 0 Å². The highest BCUT2D eigenvalue weighted by Gasteiger charge is 2.12. The van der Waals surface area contributed by atoms with Crippen LogP contribution in [-0.4, -0.2) is 22.4 Å². The van der Waals surface area contributed by atoms with Gasteiger partial charge in [-0.3, -0.25) is 4.79 Å². The second kappa shape index (κ2) is 7.56. The van der Waals surface area contributed by atoms with Crippen LogP contribution in [0.4, 0.5) is 5.69 Å². The zero-order valence-corrected chi connectivity index (χ0v) is 15.8. The lowest BCUT2D eigenvalue weighted by Crippen LogP contribution is -2.14. The molecular weight excluding hydrogens is 350 g/mol. The van der Waals surface area contributed by atoms with Crippen molar-refractivity contribution in [3.8, 4) is 17.0 Å². The van der Waals surface area contributed by atoms with Gasteiger partial charge in [0.2, 0.25) is 5.91 Å². The second-order valence-electron chi connectivity index (χ2n) is 6.63. The monoisotopic (exact) mass is 371 g/mol. The minimum absolute atomic E-state index is 0.0429. The van der Waals surface area contributed by atoms with Gasteiger partial charge in [0.05, 0.1) is 24.9 Å². The number of nitrogens with one attached hydrogen (secondary N) is 1. The molecule has 0 unspecified atom stereocenters. The SMILES string of the molecule is COc1ccc(-c2nc3ccc(NC(=O)Cc4ccccc4)cn3c2C)cc1. The lowest BCUT2D eigenvalue weighted by molar-refractivity contribution is -0.115. The molecule has 5 nitrogen and oxygen atoms in total. The summed E-state index contributed by atoms with van der Waals surface area (Å²) in [6.07, 6.45) is 2.26. The van der Waals surface area contributed by atoms with E-state index in [1.165, 1.54) is 0 Å². The van der Waals surface area contributed by atoms with E-state index in [9.17, 15) is 4.79 Å². The van der Waals surface area contributed by atoms with Crippen LogP contribution in [-0.2, 0) is 11.2 Å². The van der Waals surface area contributed by atoms with Crippen molar-refractivity contribution in [2.45, 2.75) is 13.3 Å². The van der Waals surface area contributed by atoms with E-state index in [2.05, 4.69) is 5.32 Å². The number of anilines is 1. The molecule has 140 valence electrons. The van der Waals surface area contributed by atoms with Gasteiger partial charge in [0.15, 0.2) is 0 Å². The van der Waals surface area contributed by atoms with Gasteiger partial charge in [-0.05, 0) is 48.9 Å². The lowest BCUT2D eigenvalue weighted by atomic mass is 10.1. The molecule has 0 radical (unpaired) electrons. The van der Waals surface area contributed by atoms with Crippen molar-refractivity contribution in [1.29, 1.82) is 0 Å². The van der Waals surface area contributed by atoms with E-state index in [4.69, 9.17) is 9.72 Å². The first-order chi connectivity index (χ1) is 13.6. The highest BCUT2D eigenvalue weighted by Crippen LogP contribution is 2.26. The van der Waals surface area contributed by atoms with Gasteiger partial charge < -0.3 is 14.5 Å². The maximum atomic E-state index is 12.3. The van der Waals surface area contributed by atoms with E-state index in [1.54, 1.807) is 7.11 Å². The number of carbonyl (C=O) groups excluding carboxylic acids is 1. The molecule has 28 heavy (non-hydrogen) atoms. The maximum Gasteiger partial charge on any atom is 0.228 e. The number of amides is 1. The summed E-state index contributed by atoms with van der Waals surface area (Å²) in [5.74, 6) is 0.771. The van der Waals surface area contributed by atoms with Gasteiger partial charge in [0.25, 0.3) is 0 Å². The molecule has 0 bridgehead atoms. The summed E-state index contributed by atoms with van der Waals surface area (Å²) < 4.78 is 7.22. The van der Waals surface area contributed by atoms with Crippen LogP contribution in [0.1, 0.15) is 11.3 Å². The van der Waals surface area contributed by atoms with Crippen LogP contribution in [0.5, 0.6) is 5.75 Å².